The lowest BCUT2D eigenvalue weighted by molar-refractivity contribution is -0.144. The maximum absolute atomic E-state index is 13.4. The Morgan fingerprint density at radius 2 is 2.09 bits per heavy atom. The van der Waals surface area contributed by atoms with E-state index in [1.807, 2.05) is 30.3 Å². The zero-order valence-corrected chi connectivity index (χ0v) is 19.8. The van der Waals surface area contributed by atoms with Gasteiger partial charge in [0, 0.05) is 12.2 Å². The third kappa shape index (κ3) is 5.43. The highest BCUT2D eigenvalue weighted by molar-refractivity contribution is 8.18. The van der Waals surface area contributed by atoms with Crippen LogP contribution in [0.15, 0.2) is 58.4 Å². The van der Waals surface area contributed by atoms with Gasteiger partial charge in [0.05, 0.1) is 30.4 Å². The van der Waals surface area contributed by atoms with Crippen LogP contribution in [-0.2, 0) is 14.3 Å². The Morgan fingerprint density at radius 3 is 2.76 bits per heavy atom. The van der Waals surface area contributed by atoms with E-state index < -0.39 is 12.1 Å². The fourth-order valence-electron chi connectivity index (χ4n) is 3.66. The number of carbonyl (C=O) groups is 2. The molecule has 4 rings (SSSR count). The second kappa shape index (κ2) is 10.8. The molecule has 34 heavy (non-hydrogen) atoms. The minimum absolute atomic E-state index is 0.0306. The standard InChI is InChI=1S/C25H26N2O6S/c1-16(24(29)30)33-22-17(8-6-12-20(22)31-2)14-21-23(28)27(15-19-11-7-13-32-19)25(34-21)26-18-9-4-3-5-10-18/h3-6,8-10,12,14,16,19H,7,11,13,15H2,1-2H3,(H,29,30)/b21-14-,26-25?/t16-,19-/m0/s1. The van der Waals surface area contributed by atoms with Crippen molar-refractivity contribution in [2.24, 2.45) is 4.99 Å². The average Bonchev–Trinajstić information content (AvgIpc) is 3.45. The van der Waals surface area contributed by atoms with Crippen LogP contribution >= 0.6 is 11.8 Å². The van der Waals surface area contributed by atoms with Gasteiger partial charge in [0.15, 0.2) is 22.8 Å². The summed E-state index contributed by atoms with van der Waals surface area (Å²) in [6.07, 6.45) is 2.44. The molecule has 0 spiro atoms. The van der Waals surface area contributed by atoms with E-state index in [9.17, 15) is 14.7 Å². The number of thioether (sulfide) groups is 1. The van der Waals surface area contributed by atoms with Crippen molar-refractivity contribution >= 4 is 40.6 Å². The fraction of sp³-hybridized carbons (Fsp3) is 0.320. The maximum Gasteiger partial charge on any atom is 0.344 e. The van der Waals surface area contributed by atoms with Crippen molar-refractivity contribution in [3.8, 4) is 11.5 Å². The first kappa shape index (κ1) is 23.8. The summed E-state index contributed by atoms with van der Waals surface area (Å²) in [6, 6.07) is 14.7. The monoisotopic (exact) mass is 482 g/mol. The van der Waals surface area contributed by atoms with E-state index in [0.717, 1.165) is 18.5 Å². The first-order chi connectivity index (χ1) is 16.5. The summed E-state index contributed by atoms with van der Waals surface area (Å²) in [5, 5.41) is 9.87. The maximum atomic E-state index is 13.4. The van der Waals surface area contributed by atoms with Crippen LogP contribution in [-0.4, -0.2) is 59.5 Å². The molecule has 0 aromatic heterocycles. The molecule has 0 unspecified atom stereocenters. The zero-order chi connectivity index (χ0) is 24.1. The van der Waals surface area contributed by atoms with Gasteiger partial charge in [-0.15, -0.1) is 0 Å². The lowest BCUT2D eigenvalue weighted by Gasteiger charge is -2.19. The third-order valence-electron chi connectivity index (χ3n) is 5.44. The Bertz CT molecular complexity index is 1110. The van der Waals surface area contributed by atoms with Gasteiger partial charge in [-0.1, -0.05) is 30.3 Å². The number of carboxylic acids is 1. The van der Waals surface area contributed by atoms with Gasteiger partial charge in [-0.2, -0.15) is 0 Å². The number of hydrogen-bond acceptors (Lipinski definition) is 7. The quantitative estimate of drug-likeness (QED) is 0.559. The Labute approximate surface area is 202 Å². The van der Waals surface area contributed by atoms with E-state index in [0.29, 0.717) is 34.5 Å². The van der Waals surface area contributed by atoms with Crippen LogP contribution in [0.4, 0.5) is 5.69 Å². The van der Waals surface area contributed by atoms with Gasteiger partial charge >= 0.3 is 5.97 Å². The molecular weight excluding hydrogens is 456 g/mol. The molecule has 2 fully saturated rings. The third-order valence-corrected chi connectivity index (χ3v) is 6.44. The smallest absolute Gasteiger partial charge is 0.344 e. The van der Waals surface area contributed by atoms with Gasteiger partial charge in [-0.25, -0.2) is 9.79 Å². The summed E-state index contributed by atoms with van der Waals surface area (Å²) in [5.41, 5.74) is 1.29. The molecule has 0 saturated carbocycles. The Kier molecular flexibility index (Phi) is 7.54. The van der Waals surface area contributed by atoms with Crippen molar-refractivity contribution in [3.05, 3.63) is 59.0 Å². The molecule has 9 heteroatoms. The number of amidine groups is 1. The van der Waals surface area contributed by atoms with Crippen molar-refractivity contribution in [1.29, 1.82) is 0 Å². The second-order valence-electron chi connectivity index (χ2n) is 7.87. The summed E-state index contributed by atoms with van der Waals surface area (Å²) in [7, 11) is 1.48. The molecule has 8 nitrogen and oxygen atoms in total. The van der Waals surface area contributed by atoms with Crippen LogP contribution in [0.2, 0.25) is 0 Å². The van der Waals surface area contributed by atoms with Gasteiger partial charge < -0.3 is 19.3 Å². The molecule has 2 heterocycles. The molecule has 2 aliphatic rings. The molecule has 0 radical (unpaired) electrons. The predicted molar refractivity (Wildman–Crippen MR) is 131 cm³/mol. The zero-order valence-electron chi connectivity index (χ0n) is 19.0. The first-order valence-electron chi connectivity index (χ1n) is 11.0. The molecule has 2 aromatic rings. The van der Waals surface area contributed by atoms with E-state index >= 15 is 0 Å². The van der Waals surface area contributed by atoms with Crippen molar-refractivity contribution < 1.29 is 28.9 Å². The number of aliphatic carboxylic acids is 1. The number of hydrogen-bond donors (Lipinski definition) is 1. The normalized spacial score (nSPS) is 21.3. The number of nitrogens with zero attached hydrogens (tertiary/aromatic N) is 2. The van der Waals surface area contributed by atoms with E-state index in [2.05, 4.69) is 0 Å². The highest BCUT2D eigenvalue weighted by Gasteiger charge is 2.36. The molecule has 1 amide bonds. The molecule has 178 valence electrons. The highest BCUT2D eigenvalue weighted by Crippen LogP contribution is 2.39. The van der Waals surface area contributed by atoms with Gasteiger partial charge in [0.2, 0.25) is 0 Å². The molecule has 2 aliphatic heterocycles. The van der Waals surface area contributed by atoms with Crippen LogP contribution in [0.3, 0.4) is 0 Å². The number of amides is 1. The number of ether oxygens (including phenoxy) is 3. The molecular formula is C25H26N2O6S. The van der Waals surface area contributed by atoms with E-state index in [1.54, 1.807) is 29.2 Å². The highest BCUT2D eigenvalue weighted by atomic mass is 32.2. The van der Waals surface area contributed by atoms with Crippen LogP contribution in [0, 0.1) is 0 Å². The summed E-state index contributed by atoms with van der Waals surface area (Å²) < 4.78 is 16.8. The minimum Gasteiger partial charge on any atom is -0.493 e. The SMILES string of the molecule is COc1cccc(/C=C2\SC(=Nc3ccccc3)N(C[C@@H]3CCCO3)C2=O)c1O[C@@H](C)C(=O)O. The lowest BCUT2D eigenvalue weighted by Crippen LogP contribution is -2.36. The van der Waals surface area contributed by atoms with Gasteiger partial charge in [-0.05, 0) is 55.8 Å². The number of carbonyl (C=O) groups excluding carboxylic acids is 1. The first-order valence-corrected chi connectivity index (χ1v) is 11.8. The van der Waals surface area contributed by atoms with Crippen LogP contribution in [0.1, 0.15) is 25.3 Å². The van der Waals surface area contributed by atoms with Crippen molar-refractivity contribution in [1.82, 2.24) is 4.90 Å². The average molecular weight is 483 g/mol. The Balaban J connectivity index is 1.70. The number of rotatable bonds is 8. The number of carboxylic acid groups (broad SMARTS) is 1. The molecule has 2 atom stereocenters. The topological polar surface area (TPSA) is 97.7 Å². The molecule has 2 saturated heterocycles. The van der Waals surface area contributed by atoms with Crippen molar-refractivity contribution in [2.45, 2.75) is 32.0 Å². The summed E-state index contributed by atoms with van der Waals surface area (Å²) in [6.45, 7) is 2.56. The van der Waals surface area contributed by atoms with Crippen LogP contribution in [0.25, 0.3) is 6.08 Å². The van der Waals surface area contributed by atoms with Gasteiger partial charge in [-0.3, -0.25) is 9.69 Å². The van der Waals surface area contributed by atoms with Gasteiger partial charge in [0.25, 0.3) is 5.91 Å². The van der Waals surface area contributed by atoms with Crippen molar-refractivity contribution in [2.75, 3.05) is 20.3 Å². The largest absolute Gasteiger partial charge is 0.493 e. The number of aliphatic imine (C=N–C) groups is 1. The minimum atomic E-state index is -1.10. The molecule has 1 N–H and O–H groups in total. The number of methoxy groups -OCH3 is 1. The fourth-order valence-corrected chi connectivity index (χ4v) is 4.66. The summed E-state index contributed by atoms with van der Waals surface area (Å²) >= 11 is 1.27. The second-order valence-corrected chi connectivity index (χ2v) is 8.88. The number of para-hydroxylation sites is 2. The molecule has 2 aromatic carbocycles. The number of benzene rings is 2. The Hall–Kier alpha value is -3.30. The Morgan fingerprint density at radius 1 is 1.29 bits per heavy atom. The van der Waals surface area contributed by atoms with Crippen LogP contribution in [0.5, 0.6) is 11.5 Å². The predicted octanol–water partition coefficient (Wildman–Crippen LogP) is 4.33. The van der Waals surface area contributed by atoms with Crippen LogP contribution < -0.4 is 9.47 Å². The summed E-state index contributed by atoms with van der Waals surface area (Å²) in [4.78, 5) is 31.6. The van der Waals surface area contributed by atoms with Gasteiger partial charge in [0.1, 0.15) is 0 Å². The molecule has 0 bridgehead atoms. The van der Waals surface area contributed by atoms with E-state index in [4.69, 9.17) is 19.2 Å². The lowest BCUT2D eigenvalue weighted by atomic mass is 10.1. The van der Waals surface area contributed by atoms with E-state index in [-0.39, 0.29) is 17.8 Å². The molecule has 0 aliphatic carbocycles. The van der Waals surface area contributed by atoms with E-state index in [1.165, 1.54) is 25.8 Å². The summed E-state index contributed by atoms with van der Waals surface area (Å²) in [5.74, 6) is -0.640. The van der Waals surface area contributed by atoms with Crippen molar-refractivity contribution in [3.63, 3.8) is 0 Å².